The Hall–Kier alpha value is -2.40. The molecule has 0 N–H and O–H groups in total. The Morgan fingerprint density at radius 1 is 1.04 bits per heavy atom. The highest BCUT2D eigenvalue weighted by molar-refractivity contribution is 5.99. The monoisotopic (exact) mass is 365 g/mol. The maximum absolute atomic E-state index is 13.0. The van der Waals surface area contributed by atoms with Gasteiger partial charge in [-0.15, -0.1) is 0 Å². The highest BCUT2D eigenvalue weighted by Crippen LogP contribution is 2.29. The predicted molar refractivity (Wildman–Crippen MR) is 106 cm³/mol. The van der Waals surface area contributed by atoms with E-state index in [2.05, 4.69) is 41.3 Å². The molecule has 142 valence electrons. The zero-order chi connectivity index (χ0) is 19.2. The lowest BCUT2D eigenvalue weighted by Crippen LogP contribution is -2.73. The molecule has 4 rings (SSSR count). The fourth-order valence-corrected chi connectivity index (χ4v) is 4.51. The number of fused-ring (bicyclic) bond motifs is 2. The van der Waals surface area contributed by atoms with Gasteiger partial charge >= 0.3 is 0 Å². The number of hydrogen-bond donors (Lipinski definition) is 0. The Bertz CT molecular complexity index is 892. The number of carbonyl (C=O) groups is 2. The molecule has 2 fully saturated rings. The molecular formula is C22H27N3O2. The molecule has 0 spiro atoms. The van der Waals surface area contributed by atoms with Gasteiger partial charge < -0.3 is 9.80 Å². The largest absolute Gasteiger partial charge is 0.327 e. The average Bonchev–Trinajstić information content (AvgIpc) is 2.66. The number of likely N-dealkylation sites (N-methyl/N-ethyl adjacent to an activating group) is 1. The van der Waals surface area contributed by atoms with E-state index in [0.29, 0.717) is 19.6 Å². The zero-order valence-corrected chi connectivity index (χ0v) is 16.3. The van der Waals surface area contributed by atoms with Gasteiger partial charge in [0.25, 0.3) is 0 Å². The molecule has 2 amide bonds. The maximum atomic E-state index is 13.0. The van der Waals surface area contributed by atoms with Gasteiger partial charge in [0.1, 0.15) is 11.6 Å². The van der Waals surface area contributed by atoms with Crippen LogP contribution in [0.4, 0.5) is 0 Å². The molecule has 0 aliphatic carbocycles. The summed E-state index contributed by atoms with van der Waals surface area (Å²) in [5, 5.41) is 2.47. The first-order chi connectivity index (χ1) is 12.9. The Labute approximate surface area is 160 Å². The smallest absolute Gasteiger partial charge is 0.248 e. The molecular weight excluding hydrogens is 338 g/mol. The van der Waals surface area contributed by atoms with E-state index >= 15 is 0 Å². The summed E-state index contributed by atoms with van der Waals surface area (Å²) in [4.78, 5) is 31.8. The van der Waals surface area contributed by atoms with E-state index in [1.165, 1.54) is 16.3 Å². The fourth-order valence-electron chi connectivity index (χ4n) is 4.51. The highest BCUT2D eigenvalue weighted by Gasteiger charge is 2.51. The molecule has 2 aliphatic heterocycles. The van der Waals surface area contributed by atoms with Crippen molar-refractivity contribution in [3.05, 3.63) is 48.0 Å². The quantitative estimate of drug-likeness (QED) is 0.839. The van der Waals surface area contributed by atoms with Crippen LogP contribution < -0.4 is 0 Å². The number of rotatable bonds is 3. The molecule has 5 nitrogen and oxygen atoms in total. The molecule has 2 aromatic rings. The number of nitrogens with zero attached hydrogens (tertiary/aromatic N) is 3. The maximum Gasteiger partial charge on any atom is 0.248 e. The van der Waals surface area contributed by atoms with Gasteiger partial charge in [-0.3, -0.25) is 14.5 Å². The van der Waals surface area contributed by atoms with E-state index in [-0.39, 0.29) is 17.9 Å². The summed E-state index contributed by atoms with van der Waals surface area (Å²) in [6, 6.07) is 14.5. The minimum atomic E-state index is -0.747. The zero-order valence-electron chi connectivity index (χ0n) is 16.3. The topological polar surface area (TPSA) is 43.9 Å². The van der Waals surface area contributed by atoms with Gasteiger partial charge in [0.2, 0.25) is 11.8 Å². The van der Waals surface area contributed by atoms with E-state index < -0.39 is 5.54 Å². The number of carbonyl (C=O) groups excluding carboxylic acids is 2. The van der Waals surface area contributed by atoms with Crippen molar-refractivity contribution >= 4 is 22.6 Å². The van der Waals surface area contributed by atoms with E-state index in [9.17, 15) is 9.59 Å². The van der Waals surface area contributed by atoms with E-state index in [1.54, 1.807) is 9.80 Å². The third-order valence-corrected chi connectivity index (χ3v) is 6.01. The van der Waals surface area contributed by atoms with Crippen LogP contribution in [0.15, 0.2) is 42.5 Å². The minimum Gasteiger partial charge on any atom is -0.327 e. The van der Waals surface area contributed by atoms with Gasteiger partial charge in [-0.1, -0.05) is 36.4 Å². The number of amides is 2. The molecule has 2 heterocycles. The summed E-state index contributed by atoms with van der Waals surface area (Å²) < 4.78 is 0. The summed E-state index contributed by atoms with van der Waals surface area (Å²) in [7, 11) is 0. The van der Waals surface area contributed by atoms with Crippen molar-refractivity contribution in [2.75, 3.05) is 26.2 Å². The summed E-state index contributed by atoms with van der Waals surface area (Å²) in [6.45, 7) is 9.03. The lowest BCUT2D eigenvalue weighted by molar-refractivity contribution is -0.172. The van der Waals surface area contributed by atoms with E-state index in [1.807, 2.05) is 26.8 Å². The van der Waals surface area contributed by atoms with Crippen LogP contribution in [-0.2, 0) is 16.1 Å². The summed E-state index contributed by atoms with van der Waals surface area (Å²) in [5.74, 6) is 0.143. The highest BCUT2D eigenvalue weighted by atomic mass is 16.2. The minimum absolute atomic E-state index is 0.0688. The lowest BCUT2D eigenvalue weighted by Gasteiger charge is -2.52. The van der Waals surface area contributed by atoms with Crippen molar-refractivity contribution in [3.63, 3.8) is 0 Å². The predicted octanol–water partition coefficient (Wildman–Crippen LogP) is 2.49. The first-order valence-electron chi connectivity index (χ1n) is 9.74. The molecule has 2 aliphatic rings. The van der Waals surface area contributed by atoms with Crippen LogP contribution in [0.25, 0.3) is 10.8 Å². The summed E-state index contributed by atoms with van der Waals surface area (Å²) >= 11 is 0. The van der Waals surface area contributed by atoms with Crippen molar-refractivity contribution in [2.45, 2.75) is 38.9 Å². The molecule has 0 aromatic heterocycles. The lowest BCUT2D eigenvalue weighted by atomic mass is 9.92. The molecule has 5 heteroatoms. The van der Waals surface area contributed by atoms with E-state index in [0.717, 1.165) is 13.1 Å². The SMILES string of the molecule is CCN1C(=O)C2CN(Cc3ccc4ccccc4c3)CCN2C(=O)C1(C)C. The third-order valence-electron chi connectivity index (χ3n) is 6.01. The number of benzene rings is 2. The van der Waals surface area contributed by atoms with Gasteiger partial charge in [-0.25, -0.2) is 0 Å². The van der Waals surface area contributed by atoms with Crippen LogP contribution in [0.5, 0.6) is 0 Å². The summed E-state index contributed by atoms with van der Waals surface area (Å²) in [5.41, 5.74) is 0.493. The van der Waals surface area contributed by atoms with Crippen LogP contribution in [-0.4, -0.2) is 64.3 Å². The van der Waals surface area contributed by atoms with Crippen molar-refractivity contribution in [1.29, 1.82) is 0 Å². The van der Waals surface area contributed by atoms with Gasteiger partial charge in [-0.2, -0.15) is 0 Å². The molecule has 2 aromatic carbocycles. The second-order valence-electron chi connectivity index (χ2n) is 8.07. The van der Waals surface area contributed by atoms with Crippen LogP contribution >= 0.6 is 0 Å². The molecule has 0 bridgehead atoms. The Morgan fingerprint density at radius 3 is 2.52 bits per heavy atom. The van der Waals surface area contributed by atoms with Gasteiger partial charge in [0.05, 0.1) is 0 Å². The molecule has 1 unspecified atom stereocenters. The Balaban J connectivity index is 1.53. The second-order valence-corrected chi connectivity index (χ2v) is 8.07. The Kier molecular flexibility index (Phi) is 4.42. The molecule has 27 heavy (non-hydrogen) atoms. The van der Waals surface area contributed by atoms with Crippen molar-refractivity contribution in [1.82, 2.24) is 14.7 Å². The van der Waals surface area contributed by atoms with Crippen molar-refractivity contribution < 1.29 is 9.59 Å². The first-order valence-corrected chi connectivity index (χ1v) is 9.74. The van der Waals surface area contributed by atoms with Crippen LogP contribution in [0, 0.1) is 0 Å². The van der Waals surface area contributed by atoms with Gasteiger partial charge in [-0.05, 0) is 43.2 Å². The third kappa shape index (κ3) is 3.00. The Morgan fingerprint density at radius 2 is 1.78 bits per heavy atom. The van der Waals surface area contributed by atoms with Crippen LogP contribution in [0.3, 0.4) is 0 Å². The van der Waals surface area contributed by atoms with Crippen molar-refractivity contribution in [2.24, 2.45) is 0 Å². The second kappa shape index (κ2) is 6.64. The van der Waals surface area contributed by atoms with Gasteiger partial charge in [0, 0.05) is 32.7 Å². The van der Waals surface area contributed by atoms with Crippen molar-refractivity contribution in [3.8, 4) is 0 Å². The molecule has 1 atom stereocenters. The molecule has 0 saturated carbocycles. The van der Waals surface area contributed by atoms with Crippen LogP contribution in [0.2, 0.25) is 0 Å². The summed E-state index contributed by atoms with van der Waals surface area (Å²) in [6.07, 6.45) is 0. The number of hydrogen-bond acceptors (Lipinski definition) is 3. The fraction of sp³-hybridized carbons (Fsp3) is 0.455. The standard InChI is InChI=1S/C22H27N3O2/c1-4-25-20(26)19-15-23(11-12-24(19)21(27)22(25,2)3)14-16-9-10-17-7-5-6-8-18(17)13-16/h5-10,13,19H,4,11-12,14-15H2,1-3H3. The van der Waals surface area contributed by atoms with Crippen LogP contribution in [0.1, 0.15) is 26.3 Å². The molecule has 0 radical (unpaired) electrons. The van der Waals surface area contributed by atoms with Gasteiger partial charge in [0.15, 0.2) is 0 Å². The molecule has 2 saturated heterocycles. The average molecular weight is 365 g/mol. The normalized spacial score (nSPS) is 23.0. The first kappa shape index (κ1) is 18.0. The number of piperazine rings is 2. The van der Waals surface area contributed by atoms with E-state index in [4.69, 9.17) is 0 Å².